The van der Waals surface area contributed by atoms with Gasteiger partial charge in [0.1, 0.15) is 11.6 Å². The zero-order chi connectivity index (χ0) is 10.7. The van der Waals surface area contributed by atoms with Crippen LogP contribution < -0.4 is 11.1 Å². The summed E-state index contributed by atoms with van der Waals surface area (Å²) in [6.45, 7) is 2.00. The first-order chi connectivity index (χ1) is 7.24. The van der Waals surface area contributed by atoms with Crippen LogP contribution in [0.4, 0.5) is 17.5 Å². The van der Waals surface area contributed by atoms with E-state index in [0.717, 1.165) is 11.4 Å². The van der Waals surface area contributed by atoms with E-state index in [1.54, 1.807) is 12.4 Å². The molecule has 3 N–H and O–H groups in total. The third-order valence-corrected chi connectivity index (χ3v) is 1.82. The molecule has 0 aliphatic heterocycles. The molecule has 5 nitrogen and oxygen atoms in total. The molecule has 0 atom stereocenters. The fourth-order valence-corrected chi connectivity index (χ4v) is 1.18. The minimum absolute atomic E-state index is 0.382. The summed E-state index contributed by atoms with van der Waals surface area (Å²) < 4.78 is 0. The Labute approximate surface area is 87.4 Å². The van der Waals surface area contributed by atoms with Crippen LogP contribution in [0.2, 0.25) is 0 Å². The normalized spacial score (nSPS) is 9.93. The Balaban J connectivity index is 2.22. The van der Waals surface area contributed by atoms with E-state index in [4.69, 9.17) is 5.73 Å². The summed E-state index contributed by atoms with van der Waals surface area (Å²) in [5.74, 6) is 1.70. The topological polar surface area (TPSA) is 76.7 Å². The molecular formula is C10H11N5. The number of nitrogen functional groups attached to an aromatic ring is 1. The van der Waals surface area contributed by atoms with Crippen LogP contribution in [0.15, 0.2) is 30.7 Å². The molecule has 0 aromatic carbocycles. The SMILES string of the molecule is Cc1ccnc(Nc2cncc(N)n2)c1. The van der Waals surface area contributed by atoms with Crippen molar-refractivity contribution >= 4 is 17.5 Å². The summed E-state index contributed by atoms with van der Waals surface area (Å²) in [6.07, 6.45) is 4.83. The highest BCUT2D eigenvalue weighted by Crippen LogP contribution is 2.12. The number of pyridine rings is 1. The molecule has 0 aliphatic rings. The maximum atomic E-state index is 5.51. The molecule has 0 fully saturated rings. The smallest absolute Gasteiger partial charge is 0.152 e. The number of hydrogen-bond donors (Lipinski definition) is 2. The standard InChI is InChI=1S/C10H11N5/c1-7-2-3-13-9(4-7)15-10-6-12-5-8(11)14-10/h2-6H,1H3,(H3,11,13,14,15). The molecule has 0 spiro atoms. The van der Waals surface area contributed by atoms with Gasteiger partial charge >= 0.3 is 0 Å². The first kappa shape index (κ1) is 9.39. The maximum absolute atomic E-state index is 5.51. The number of aryl methyl sites for hydroxylation is 1. The first-order valence-corrected chi connectivity index (χ1v) is 4.51. The average molecular weight is 201 g/mol. The Bertz CT molecular complexity index is 425. The van der Waals surface area contributed by atoms with Crippen molar-refractivity contribution < 1.29 is 0 Å². The van der Waals surface area contributed by atoms with Crippen LogP contribution in [0.5, 0.6) is 0 Å². The van der Waals surface area contributed by atoms with Crippen LogP contribution in [-0.2, 0) is 0 Å². The Morgan fingerprint density at radius 3 is 2.87 bits per heavy atom. The van der Waals surface area contributed by atoms with E-state index < -0.39 is 0 Å². The van der Waals surface area contributed by atoms with Gasteiger partial charge in [0.25, 0.3) is 0 Å². The predicted octanol–water partition coefficient (Wildman–Crippen LogP) is 1.51. The van der Waals surface area contributed by atoms with Crippen molar-refractivity contribution in [2.45, 2.75) is 6.92 Å². The lowest BCUT2D eigenvalue weighted by Gasteiger charge is -2.04. The van der Waals surface area contributed by atoms with Gasteiger partial charge in [0, 0.05) is 6.20 Å². The van der Waals surface area contributed by atoms with Gasteiger partial charge in [0.15, 0.2) is 5.82 Å². The molecule has 76 valence electrons. The van der Waals surface area contributed by atoms with E-state index in [0.29, 0.717) is 11.6 Å². The number of anilines is 3. The molecule has 2 aromatic heterocycles. The van der Waals surface area contributed by atoms with Crippen molar-refractivity contribution in [3.05, 3.63) is 36.3 Å². The molecule has 0 saturated heterocycles. The molecule has 0 aliphatic carbocycles. The zero-order valence-corrected chi connectivity index (χ0v) is 8.31. The lowest BCUT2D eigenvalue weighted by atomic mass is 10.3. The summed E-state index contributed by atoms with van der Waals surface area (Å²) in [5.41, 5.74) is 6.64. The monoisotopic (exact) mass is 201 g/mol. The molecule has 2 heterocycles. The Morgan fingerprint density at radius 2 is 2.13 bits per heavy atom. The quantitative estimate of drug-likeness (QED) is 0.770. The molecule has 0 saturated carbocycles. The lowest BCUT2D eigenvalue weighted by Crippen LogP contribution is -1.99. The van der Waals surface area contributed by atoms with E-state index in [-0.39, 0.29) is 0 Å². The highest BCUT2D eigenvalue weighted by molar-refractivity contribution is 5.52. The van der Waals surface area contributed by atoms with Gasteiger partial charge in [-0.3, -0.25) is 4.98 Å². The molecule has 2 aromatic rings. The highest BCUT2D eigenvalue weighted by atomic mass is 15.1. The second-order valence-electron chi connectivity index (χ2n) is 3.17. The summed E-state index contributed by atoms with van der Waals surface area (Å²) in [6, 6.07) is 3.85. The van der Waals surface area contributed by atoms with E-state index in [2.05, 4.69) is 20.3 Å². The summed E-state index contributed by atoms with van der Waals surface area (Å²) in [5, 5.41) is 3.02. The molecule has 0 radical (unpaired) electrons. The molecule has 0 bridgehead atoms. The second-order valence-corrected chi connectivity index (χ2v) is 3.17. The third kappa shape index (κ3) is 2.40. The highest BCUT2D eigenvalue weighted by Gasteiger charge is 1.98. The molecule has 5 heteroatoms. The maximum Gasteiger partial charge on any atom is 0.152 e. The van der Waals surface area contributed by atoms with Crippen LogP contribution in [0.3, 0.4) is 0 Å². The number of nitrogens with one attached hydrogen (secondary N) is 1. The number of hydrogen-bond acceptors (Lipinski definition) is 5. The number of aromatic nitrogens is 3. The minimum Gasteiger partial charge on any atom is -0.382 e. The van der Waals surface area contributed by atoms with Gasteiger partial charge in [-0.15, -0.1) is 0 Å². The third-order valence-electron chi connectivity index (χ3n) is 1.82. The van der Waals surface area contributed by atoms with Crippen LogP contribution in [0.1, 0.15) is 5.56 Å². The van der Waals surface area contributed by atoms with Gasteiger partial charge in [0.05, 0.1) is 12.4 Å². The van der Waals surface area contributed by atoms with Gasteiger partial charge in [-0.2, -0.15) is 0 Å². The van der Waals surface area contributed by atoms with Gasteiger partial charge < -0.3 is 11.1 Å². The van der Waals surface area contributed by atoms with E-state index in [9.17, 15) is 0 Å². The minimum atomic E-state index is 0.382. The van der Waals surface area contributed by atoms with Gasteiger partial charge in [-0.1, -0.05) is 0 Å². The molecular weight excluding hydrogens is 190 g/mol. The van der Waals surface area contributed by atoms with Crippen LogP contribution in [0, 0.1) is 6.92 Å². The van der Waals surface area contributed by atoms with Crippen LogP contribution >= 0.6 is 0 Å². The summed E-state index contributed by atoms with van der Waals surface area (Å²) >= 11 is 0. The molecule has 0 amide bonds. The van der Waals surface area contributed by atoms with Crippen molar-refractivity contribution in [2.24, 2.45) is 0 Å². The molecule has 0 unspecified atom stereocenters. The van der Waals surface area contributed by atoms with E-state index in [1.807, 2.05) is 19.1 Å². The van der Waals surface area contributed by atoms with Crippen LogP contribution in [0.25, 0.3) is 0 Å². The Kier molecular flexibility index (Phi) is 2.45. The fraction of sp³-hybridized carbons (Fsp3) is 0.100. The number of nitrogens with two attached hydrogens (primary N) is 1. The van der Waals surface area contributed by atoms with E-state index >= 15 is 0 Å². The average Bonchev–Trinajstić information content (AvgIpc) is 2.17. The number of rotatable bonds is 2. The van der Waals surface area contributed by atoms with E-state index in [1.165, 1.54) is 6.20 Å². The first-order valence-electron chi connectivity index (χ1n) is 4.51. The predicted molar refractivity (Wildman–Crippen MR) is 58.7 cm³/mol. The van der Waals surface area contributed by atoms with Gasteiger partial charge in [-0.25, -0.2) is 9.97 Å². The lowest BCUT2D eigenvalue weighted by molar-refractivity contribution is 1.18. The van der Waals surface area contributed by atoms with Crippen molar-refractivity contribution in [3.63, 3.8) is 0 Å². The van der Waals surface area contributed by atoms with Gasteiger partial charge in [0.2, 0.25) is 0 Å². The number of nitrogens with zero attached hydrogens (tertiary/aromatic N) is 3. The van der Waals surface area contributed by atoms with Crippen molar-refractivity contribution in [2.75, 3.05) is 11.1 Å². The van der Waals surface area contributed by atoms with Crippen molar-refractivity contribution in [3.8, 4) is 0 Å². The fourth-order valence-electron chi connectivity index (χ4n) is 1.18. The van der Waals surface area contributed by atoms with Gasteiger partial charge in [-0.05, 0) is 24.6 Å². The Morgan fingerprint density at radius 1 is 1.27 bits per heavy atom. The van der Waals surface area contributed by atoms with Crippen LogP contribution in [-0.4, -0.2) is 15.0 Å². The van der Waals surface area contributed by atoms with Crippen molar-refractivity contribution in [1.82, 2.24) is 15.0 Å². The molecule has 15 heavy (non-hydrogen) atoms. The molecule has 2 rings (SSSR count). The second kappa shape index (κ2) is 3.91. The zero-order valence-electron chi connectivity index (χ0n) is 8.31. The van der Waals surface area contributed by atoms with Crippen molar-refractivity contribution in [1.29, 1.82) is 0 Å². The summed E-state index contributed by atoms with van der Waals surface area (Å²) in [4.78, 5) is 12.1. The Hall–Kier alpha value is -2.17. The summed E-state index contributed by atoms with van der Waals surface area (Å²) in [7, 11) is 0. The largest absolute Gasteiger partial charge is 0.382 e.